The average Bonchev–Trinajstić information content (AvgIpc) is 3.09. The van der Waals surface area contributed by atoms with Crippen LogP contribution in [0, 0.1) is 6.92 Å². The Kier molecular flexibility index (Phi) is 7.56. The van der Waals surface area contributed by atoms with Crippen molar-refractivity contribution in [1.29, 1.82) is 0 Å². The number of hydrogen-bond donors (Lipinski definition) is 1. The maximum absolute atomic E-state index is 12.2. The minimum absolute atomic E-state index is 0.0405. The van der Waals surface area contributed by atoms with Crippen molar-refractivity contribution in [2.45, 2.75) is 37.1 Å². The lowest BCUT2D eigenvalue weighted by atomic mass is 10.2. The lowest BCUT2D eigenvalue weighted by Crippen LogP contribution is -2.14. The van der Waals surface area contributed by atoms with Crippen molar-refractivity contribution in [2.24, 2.45) is 0 Å². The number of carbonyl (C=O) groups excluding carboxylic acids is 1. The second-order valence-corrected chi connectivity index (χ2v) is 8.26. The third-order valence-electron chi connectivity index (χ3n) is 4.09. The van der Waals surface area contributed by atoms with Crippen LogP contribution in [0.4, 0.5) is 5.69 Å². The van der Waals surface area contributed by atoms with E-state index in [0.29, 0.717) is 5.75 Å². The van der Waals surface area contributed by atoms with Crippen LogP contribution in [-0.2, 0) is 22.8 Å². The molecule has 3 rings (SSSR count). The first-order chi connectivity index (χ1) is 13.7. The van der Waals surface area contributed by atoms with Crippen LogP contribution in [0.25, 0.3) is 0 Å². The molecule has 1 heterocycles. The minimum Gasteiger partial charge on any atom is -0.325 e. The van der Waals surface area contributed by atoms with E-state index in [2.05, 4.69) is 51.3 Å². The number of thioether (sulfide) groups is 2. The quantitative estimate of drug-likeness (QED) is 0.513. The number of nitrogens with one attached hydrogen (secondary N) is 1. The Morgan fingerprint density at radius 1 is 1.07 bits per heavy atom. The molecule has 7 heteroatoms. The summed E-state index contributed by atoms with van der Waals surface area (Å²) in [6.45, 7) is 4.87. The van der Waals surface area contributed by atoms with Gasteiger partial charge in [-0.15, -0.1) is 22.0 Å². The highest BCUT2D eigenvalue weighted by Crippen LogP contribution is 2.22. The molecule has 0 saturated heterocycles. The Balaban J connectivity index is 1.52. The molecule has 1 N–H and O–H groups in total. The van der Waals surface area contributed by atoms with Gasteiger partial charge in [0.05, 0.1) is 11.5 Å². The van der Waals surface area contributed by atoms with Gasteiger partial charge in [0.25, 0.3) is 0 Å². The molecule has 0 fully saturated rings. The zero-order chi connectivity index (χ0) is 19.8. The largest absolute Gasteiger partial charge is 0.325 e. The minimum atomic E-state index is -0.0405. The Bertz CT molecular complexity index is 912. The molecule has 1 aromatic heterocycles. The lowest BCUT2D eigenvalue weighted by molar-refractivity contribution is -0.113. The summed E-state index contributed by atoms with van der Waals surface area (Å²) in [6.07, 6.45) is 0. The van der Waals surface area contributed by atoms with Gasteiger partial charge in [-0.2, -0.15) is 0 Å². The number of rotatable bonds is 9. The van der Waals surface area contributed by atoms with Gasteiger partial charge in [0.2, 0.25) is 5.91 Å². The Morgan fingerprint density at radius 3 is 2.64 bits per heavy atom. The van der Waals surface area contributed by atoms with Crippen molar-refractivity contribution in [3.8, 4) is 0 Å². The van der Waals surface area contributed by atoms with Crippen LogP contribution in [0.1, 0.15) is 23.9 Å². The van der Waals surface area contributed by atoms with Crippen molar-refractivity contribution in [3.63, 3.8) is 0 Å². The van der Waals surface area contributed by atoms with Gasteiger partial charge in [-0.25, -0.2) is 0 Å². The normalized spacial score (nSPS) is 10.8. The van der Waals surface area contributed by atoms with Gasteiger partial charge < -0.3 is 9.88 Å². The molecule has 0 saturated carbocycles. The summed E-state index contributed by atoms with van der Waals surface area (Å²) in [5, 5.41) is 12.3. The fourth-order valence-corrected chi connectivity index (χ4v) is 4.48. The number of hydrogen-bond acceptors (Lipinski definition) is 5. The molecule has 0 aliphatic heterocycles. The first kappa shape index (κ1) is 20.5. The van der Waals surface area contributed by atoms with Crippen LogP contribution in [0.3, 0.4) is 0 Å². The molecule has 146 valence electrons. The zero-order valence-electron chi connectivity index (χ0n) is 16.1. The van der Waals surface area contributed by atoms with Gasteiger partial charge in [-0.05, 0) is 37.1 Å². The third-order valence-corrected chi connectivity index (χ3v) is 6.05. The van der Waals surface area contributed by atoms with Crippen LogP contribution < -0.4 is 5.32 Å². The van der Waals surface area contributed by atoms with E-state index in [1.807, 2.05) is 49.0 Å². The van der Waals surface area contributed by atoms with E-state index in [4.69, 9.17) is 0 Å². The Hall–Kier alpha value is -2.25. The van der Waals surface area contributed by atoms with Gasteiger partial charge in [0.15, 0.2) is 5.16 Å². The number of benzene rings is 2. The summed E-state index contributed by atoms with van der Waals surface area (Å²) < 4.78 is 2.09. The molecular weight excluding hydrogens is 388 g/mol. The number of aromatic nitrogens is 3. The predicted octanol–water partition coefficient (Wildman–Crippen LogP) is 4.77. The standard InChI is InChI=1S/C21H24N4OS2/c1-3-25-19(14-27-13-17-9-5-4-6-10-17)23-24-21(25)28-15-20(26)22-18-11-7-8-16(2)12-18/h4-12H,3,13-15H2,1-2H3,(H,22,26). The van der Waals surface area contributed by atoms with Crippen molar-refractivity contribution in [1.82, 2.24) is 14.8 Å². The lowest BCUT2D eigenvalue weighted by Gasteiger charge is -2.08. The highest BCUT2D eigenvalue weighted by molar-refractivity contribution is 7.99. The molecule has 2 aromatic carbocycles. The molecule has 0 aliphatic rings. The predicted molar refractivity (Wildman–Crippen MR) is 118 cm³/mol. The molecule has 0 spiro atoms. The first-order valence-corrected chi connectivity index (χ1v) is 11.3. The van der Waals surface area contributed by atoms with E-state index in [0.717, 1.165) is 40.3 Å². The molecule has 3 aromatic rings. The van der Waals surface area contributed by atoms with Crippen LogP contribution in [-0.4, -0.2) is 26.4 Å². The summed E-state index contributed by atoms with van der Waals surface area (Å²) in [5.74, 6) is 2.96. The molecule has 0 radical (unpaired) electrons. The Labute approximate surface area is 174 Å². The smallest absolute Gasteiger partial charge is 0.234 e. The fourth-order valence-electron chi connectivity index (χ4n) is 2.73. The van der Waals surface area contributed by atoms with Crippen LogP contribution in [0.5, 0.6) is 0 Å². The molecule has 0 aliphatic carbocycles. The summed E-state index contributed by atoms with van der Waals surface area (Å²) in [7, 11) is 0. The van der Waals surface area contributed by atoms with Gasteiger partial charge in [-0.1, -0.05) is 54.2 Å². The van der Waals surface area contributed by atoms with Crippen molar-refractivity contribution < 1.29 is 4.79 Å². The van der Waals surface area contributed by atoms with E-state index < -0.39 is 0 Å². The van der Waals surface area contributed by atoms with Crippen molar-refractivity contribution in [2.75, 3.05) is 11.1 Å². The third kappa shape index (κ3) is 5.87. The second-order valence-electron chi connectivity index (χ2n) is 6.33. The SMILES string of the molecule is CCn1c(CSCc2ccccc2)nnc1SCC(=O)Nc1cccc(C)c1. The van der Waals surface area contributed by atoms with Gasteiger partial charge in [0, 0.05) is 18.0 Å². The monoisotopic (exact) mass is 412 g/mol. The number of carbonyl (C=O) groups is 1. The average molecular weight is 413 g/mol. The highest BCUT2D eigenvalue weighted by Gasteiger charge is 2.13. The summed E-state index contributed by atoms with van der Waals surface area (Å²) in [5.41, 5.74) is 3.24. The fraction of sp³-hybridized carbons (Fsp3) is 0.286. The number of aryl methyl sites for hydroxylation is 1. The van der Waals surface area contributed by atoms with Gasteiger partial charge in [0.1, 0.15) is 5.82 Å². The molecule has 1 amide bonds. The van der Waals surface area contributed by atoms with Gasteiger partial charge >= 0.3 is 0 Å². The maximum atomic E-state index is 12.2. The molecule has 28 heavy (non-hydrogen) atoms. The first-order valence-electron chi connectivity index (χ1n) is 9.18. The number of anilines is 1. The highest BCUT2D eigenvalue weighted by atomic mass is 32.2. The van der Waals surface area contributed by atoms with E-state index in [1.54, 1.807) is 0 Å². The zero-order valence-corrected chi connectivity index (χ0v) is 17.7. The van der Waals surface area contributed by atoms with Crippen LogP contribution in [0.2, 0.25) is 0 Å². The van der Waals surface area contributed by atoms with E-state index >= 15 is 0 Å². The molecule has 0 atom stereocenters. The maximum Gasteiger partial charge on any atom is 0.234 e. The van der Waals surface area contributed by atoms with Gasteiger partial charge in [-0.3, -0.25) is 4.79 Å². The molecule has 5 nitrogen and oxygen atoms in total. The second kappa shape index (κ2) is 10.3. The summed E-state index contributed by atoms with van der Waals surface area (Å²) in [6, 6.07) is 18.2. The van der Waals surface area contributed by atoms with E-state index in [1.165, 1.54) is 17.3 Å². The molecule has 0 bridgehead atoms. The van der Waals surface area contributed by atoms with Crippen LogP contribution in [0.15, 0.2) is 59.8 Å². The van der Waals surface area contributed by atoms with Crippen LogP contribution >= 0.6 is 23.5 Å². The summed E-state index contributed by atoms with van der Waals surface area (Å²) >= 11 is 3.24. The molecular formula is C21H24N4OS2. The van der Waals surface area contributed by atoms with E-state index in [9.17, 15) is 4.79 Å². The Morgan fingerprint density at radius 2 is 1.89 bits per heavy atom. The number of amides is 1. The molecule has 0 unspecified atom stereocenters. The topological polar surface area (TPSA) is 59.8 Å². The van der Waals surface area contributed by atoms with Crippen molar-refractivity contribution >= 4 is 35.1 Å². The van der Waals surface area contributed by atoms with Crippen molar-refractivity contribution in [3.05, 3.63) is 71.5 Å². The van der Waals surface area contributed by atoms with E-state index in [-0.39, 0.29) is 5.91 Å². The summed E-state index contributed by atoms with van der Waals surface area (Å²) in [4.78, 5) is 12.2. The number of nitrogens with zero attached hydrogens (tertiary/aromatic N) is 3.